The van der Waals surface area contributed by atoms with Crippen LogP contribution in [0.2, 0.25) is 0 Å². The summed E-state index contributed by atoms with van der Waals surface area (Å²) in [6.45, 7) is 6.48. The van der Waals surface area contributed by atoms with E-state index in [2.05, 4.69) is 50.8 Å². The van der Waals surface area contributed by atoms with E-state index in [-0.39, 0.29) is 0 Å². The molecule has 0 unspecified atom stereocenters. The number of hydrogen-bond donors (Lipinski definition) is 0. The second kappa shape index (κ2) is 7.12. The summed E-state index contributed by atoms with van der Waals surface area (Å²) < 4.78 is 0. The van der Waals surface area contributed by atoms with Gasteiger partial charge < -0.3 is 0 Å². The van der Waals surface area contributed by atoms with Gasteiger partial charge in [0.05, 0.1) is 0 Å². The largest absolute Gasteiger partial charge is 0.0979 e. The highest BCUT2D eigenvalue weighted by Gasteiger charge is 1.93. The minimum Gasteiger partial charge on any atom is -0.0979 e. The Bertz CT molecular complexity index is 377. The maximum absolute atomic E-state index is 3.28. The van der Waals surface area contributed by atoms with E-state index in [0.717, 1.165) is 6.42 Å². The Labute approximate surface area is 100 Å². The van der Waals surface area contributed by atoms with Crippen LogP contribution in [0, 0.1) is 25.7 Å². The third-order valence-electron chi connectivity index (χ3n) is 2.77. The third-order valence-corrected chi connectivity index (χ3v) is 2.77. The van der Waals surface area contributed by atoms with E-state index >= 15 is 0 Å². The van der Waals surface area contributed by atoms with Crippen LogP contribution in [0.25, 0.3) is 0 Å². The quantitative estimate of drug-likeness (QED) is 0.506. The second-order valence-corrected chi connectivity index (χ2v) is 4.43. The molecular weight excluding hydrogens is 192 g/mol. The molecule has 1 aromatic rings. The maximum atomic E-state index is 3.28. The molecule has 0 bridgehead atoms. The van der Waals surface area contributed by atoms with Crippen LogP contribution in [0.4, 0.5) is 0 Å². The lowest BCUT2D eigenvalue weighted by molar-refractivity contribution is 0.679. The van der Waals surface area contributed by atoms with Gasteiger partial charge in [0.25, 0.3) is 0 Å². The summed E-state index contributed by atoms with van der Waals surface area (Å²) in [6.07, 6.45) is 6.23. The molecular formula is C16H22. The van der Waals surface area contributed by atoms with Crippen LogP contribution in [0.3, 0.4) is 0 Å². The van der Waals surface area contributed by atoms with Crippen molar-refractivity contribution in [1.29, 1.82) is 0 Å². The molecule has 0 fully saturated rings. The molecule has 0 heterocycles. The topological polar surface area (TPSA) is 0 Å². The molecule has 0 nitrogen and oxygen atoms in total. The van der Waals surface area contributed by atoms with Gasteiger partial charge in [-0.15, -0.1) is 0 Å². The average Bonchev–Trinajstić information content (AvgIpc) is 2.28. The van der Waals surface area contributed by atoms with E-state index in [1.54, 1.807) is 0 Å². The summed E-state index contributed by atoms with van der Waals surface area (Å²) in [6, 6.07) is 6.46. The van der Waals surface area contributed by atoms with E-state index in [9.17, 15) is 0 Å². The number of hydrogen-bond acceptors (Lipinski definition) is 0. The molecule has 0 saturated carbocycles. The lowest BCUT2D eigenvalue weighted by Crippen LogP contribution is -1.83. The first-order valence-electron chi connectivity index (χ1n) is 6.30. The minimum absolute atomic E-state index is 1.04. The Hall–Kier alpha value is -1.22. The molecule has 0 atom stereocenters. The van der Waals surface area contributed by atoms with Crippen LogP contribution in [0.1, 0.15) is 55.7 Å². The third kappa shape index (κ3) is 4.53. The van der Waals surface area contributed by atoms with Gasteiger partial charge in [0.2, 0.25) is 0 Å². The van der Waals surface area contributed by atoms with Crippen molar-refractivity contribution in [3.63, 3.8) is 0 Å². The van der Waals surface area contributed by atoms with Crippen molar-refractivity contribution in [3.8, 4) is 11.8 Å². The van der Waals surface area contributed by atoms with E-state index in [0.29, 0.717) is 0 Å². The lowest BCUT2D eigenvalue weighted by atomic mass is 10.1. The van der Waals surface area contributed by atoms with E-state index in [4.69, 9.17) is 0 Å². The molecule has 0 aliphatic carbocycles. The van der Waals surface area contributed by atoms with Crippen LogP contribution in [0.15, 0.2) is 18.2 Å². The molecule has 16 heavy (non-hydrogen) atoms. The average molecular weight is 214 g/mol. The fourth-order valence-electron chi connectivity index (χ4n) is 1.67. The summed E-state index contributed by atoms with van der Waals surface area (Å²) in [5.41, 5.74) is 3.77. The Kier molecular flexibility index (Phi) is 5.72. The van der Waals surface area contributed by atoms with Crippen molar-refractivity contribution >= 4 is 0 Å². The van der Waals surface area contributed by atoms with Crippen LogP contribution in [-0.4, -0.2) is 0 Å². The molecule has 1 rings (SSSR count). The van der Waals surface area contributed by atoms with Crippen LogP contribution in [0.5, 0.6) is 0 Å². The smallest absolute Gasteiger partial charge is 0.0277 e. The zero-order chi connectivity index (χ0) is 11.8. The van der Waals surface area contributed by atoms with Crippen LogP contribution in [-0.2, 0) is 0 Å². The summed E-state index contributed by atoms with van der Waals surface area (Å²) in [4.78, 5) is 0. The van der Waals surface area contributed by atoms with Crippen molar-refractivity contribution in [1.82, 2.24) is 0 Å². The number of rotatable bonds is 4. The Morgan fingerprint density at radius 1 is 1.06 bits per heavy atom. The van der Waals surface area contributed by atoms with Gasteiger partial charge in [0.1, 0.15) is 0 Å². The zero-order valence-electron chi connectivity index (χ0n) is 10.8. The summed E-state index contributed by atoms with van der Waals surface area (Å²) in [5, 5.41) is 0. The van der Waals surface area contributed by atoms with Gasteiger partial charge in [-0.1, -0.05) is 50.2 Å². The summed E-state index contributed by atoms with van der Waals surface area (Å²) in [5.74, 6) is 6.56. The molecule has 86 valence electrons. The first-order chi connectivity index (χ1) is 7.74. The molecule has 0 amide bonds. The van der Waals surface area contributed by atoms with E-state index in [1.165, 1.54) is 42.4 Å². The number of unbranched alkanes of at least 4 members (excludes halogenated alkanes) is 4. The molecule has 0 aliphatic heterocycles. The summed E-state index contributed by atoms with van der Waals surface area (Å²) in [7, 11) is 0. The first-order valence-corrected chi connectivity index (χ1v) is 6.30. The fraction of sp³-hybridized carbons (Fsp3) is 0.500. The number of benzene rings is 1. The molecule has 0 N–H and O–H groups in total. The molecule has 0 aliphatic rings. The van der Waals surface area contributed by atoms with Gasteiger partial charge in [-0.2, -0.15) is 0 Å². The molecule has 0 radical (unpaired) electrons. The maximum Gasteiger partial charge on any atom is 0.0277 e. The molecule has 0 saturated heterocycles. The Balaban J connectivity index is 2.46. The fourth-order valence-corrected chi connectivity index (χ4v) is 1.67. The van der Waals surface area contributed by atoms with Crippen LogP contribution < -0.4 is 0 Å². The molecule has 0 spiro atoms. The first kappa shape index (κ1) is 12.8. The van der Waals surface area contributed by atoms with Gasteiger partial charge in [-0.3, -0.25) is 0 Å². The van der Waals surface area contributed by atoms with Crippen molar-refractivity contribution < 1.29 is 0 Å². The predicted molar refractivity (Wildman–Crippen MR) is 71.6 cm³/mol. The lowest BCUT2D eigenvalue weighted by Gasteiger charge is -1.99. The molecule has 1 aromatic carbocycles. The van der Waals surface area contributed by atoms with Gasteiger partial charge in [-0.25, -0.2) is 0 Å². The standard InChI is InChI=1S/C16H22/c1-4-5-6-7-8-9-10-16-13-14(2)11-12-15(16)3/h11-13H,4-8H2,1-3H3. The highest BCUT2D eigenvalue weighted by molar-refractivity contribution is 5.42. The van der Waals surface area contributed by atoms with Crippen molar-refractivity contribution in [2.24, 2.45) is 0 Å². The van der Waals surface area contributed by atoms with E-state index < -0.39 is 0 Å². The Morgan fingerprint density at radius 3 is 2.62 bits per heavy atom. The molecule has 0 heteroatoms. The van der Waals surface area contributed by atoms with Crippen molar-refractivity contribution in [3.05, 3.63) is 34.9 Å². The van der Waals surface area contributed by atoms with Gasteiger partial charge in [0.15, 0.2) is 0 Å². The second-order valence-electron chi connectivity index (χ2n) is 4.43. The summed E-state index contributed by atoms with van der Waals surface area (Å²) >= 11 is 0. The van der Waals surface area contributed by atoms with Crippen LogP contribution >= 0.6 is 0 Å². The van der Waals surface area contributed by atoms with Gasteiger partial charge in [-0.05, 0) is 37.5 Å². The number of aryl methyl sites for hydroxylation is 2. The molecule has 0 aromatic heterocycles. The monoisotopic (exact) mass is 214 g/mol. The van der Waals surface area contributed by atoms with E-state index in [1.807, 2.05) is 0 Å². The van der Waals surface area contributed by atoms with Crippen molar-refractivity contribution in [2.75, 3.05) is 0 Å². The zero-order valence-corrected chi connectivity index (χ0v) is 10.8. The highest BCUT2D eigenvalue weighted by atomic mass is 14.0. The highest BCUT2D eigenvalue weighted by Crippen LogP contribution is 2.09. The minimum atomic E-state index is 1.04. The normalized spacial score (nSPS) is 9.69. The van der Waals surface area contributed by atoms with Gasteiger partial charge >= 0.3 is 0 Å². The Morgan fingerprint density at radius 2 is 1.88 bits per heavy atom. The predicted octanol–water partition coefficient (Wildman–Crippen LogP) is 4.63. The SMILES string of the molecule is CCCCCCC#Cc1cc(C)ccc1C. The van der Waals surface area contributed by atoms with Crippen molar-refractivity contribution in [2.45, 2.75) is 52.9 Å². The van der Waals surface area contributed by atoms with Gasteiger partial charge in [0, 0.05) is 12.0 Å².